The second-order valence-electron chi connectivity index (χ2n) is 2.75. The summed E-state index contributed by atoms with van der Waals surface area (Å²) >= 11 is 0. The highest BCUT2D eigenvalue weighted by Gasteiger charge is 1.99. The van der Waals surface area contributed by atoms with Crippen LogP contribution in [0.25, 0.3) is 0 Å². The van der Waals surface area contributed by atoms with E-state index in [1.807, 2.05) is 19.1 Å². The van der Waals surface area contributed by atoms with Gasteiger partial charge in [-0.15, -0.1) is 0 Å². The van der Waals surface area contributed by atoms with Crippen LogP contribution in [0.3, 0.4) is 0 Å². The molecule has 1 rings (SSSR count). The summed E-state index contributed by atoms with van der Waals surface area (Å²) in [6.45, 7) is 2.67. The topological polar surface area (TPSA) is 68.0 Å². The Kier molecular flexibility index (Phi) is 3.67. The van der Waals surface area contributed by atoms with E-state index in [-0.39, 0.29) is 0 Å². The molecule has 0 radical (unpaired) electrons. The molecule has 3 N–H and O–H groups in total. The fourth-order valence-corrected chi connectivity index (χ4v) is 0.926. The van der Waals surface area contributed by atoms with Crippen LogP contribution in [0.4, 0.5) is 5.82 Å². The molecule has 0 saturated heterocycles. The molecule has 0 fully saturated rings. The van der Waals surface area contributed by atoms with E-state index < -0.39 is 5.91 Å². The fraction of sp³-hybridized carbons (Fsp3) is 0.200. The summed E-state index contributed by atoms with van der Waals surface area (Å²) in [7, 11) is 0. The number of primary amides is 1. The van der Waals surface area contributed by atoms with Gasteiger partial charge in [-0.1, -0.05) is 12.2 Å². The Labute approximate surface area is 82.8 Å². The van der Waals surface area contributed by atoms with Crippen LogP contribution in [0, 0.1) is 0 Å². The Morgan fingerprint density at radius 3 is 2.93 bits per heavy atom. The van der Waals surface area contributed by atoms with Gasteiger partial charge >= 0.3 is 0 Å². The number of hydrogen-bond acceptors (Lipinski definition) is 3. The van der Waals surface area contributed by atoms with Crippen molar-refractivity contribution in [3.63, 3.8) is 0 Å². The minimum absolute atomic E-state index is 0.418. The Morgan fingerprint density at radius 2 is 2.43 bits per heavy atom. The van der Waals surface area contributed by atoms with Gasteiger partial charge in [0.05, 0.1) is 5.56 Å². The monoisotopic (exact) mass is 191 g/mol. The van der Waals surface area contributed by atoms with Crippen LogP contribution in [0.1, 0.15) is 17.3 Å². The first kappa shape index (κ1) is 10.2. The van der Waals surface area contributed by atoms with Crippen LogP contribution in [0.15, 0.2) is 30.5 Å². The third kappa shape index (κ3) is 2.90. The minimum atomic E-state index is -0.461. The predicted octanol–water partition coefficient (Wildman–Crippen LogP) is 1.17. The minimum Gasteiger partial charge on any atom is -0.367 e. The maximum atomic E-state index is 10.7. The molecule has 0 bridgehead atoms. The molecule has 4 nitrogen and oxygen atoms in total. The standard InChI is InChI=1S/C10H13N3O/c1-2-3-6-12-9-5-4-8(7-13-9)10(11)14/h2-5,7H,6H2,1H3,(H2,11,14)(H,12,13)/b3-2+. The van der Waals surface area contributed by atoms with E-state index in [4.69, 9.17) is 5.73 Å². The molecule has 1 aromatic heterocycles. The highest BCUT2D eigenvalue weighted by Crippen LogP contribution is 2.03. The molecule has 4 heteroatoms. The molecular formula is C10H13N3O. The lowest BCUT2D eigenvalue weighted by Gasteiger charge is -2.01. The van der Waals surface area contributed by atoms with E-state index >= 15 is 0 Å². The predicted molar refractivity (Wildman–Crippen MR) is 56.1 cm³/mol. The molecule has 0 saturated carbocycles. The zero-order chi connectivity index (χ0) is 10.4. The Morgan fingerprint density at radius 1 is 1.64 bits per heavy atom. The number of amides is 1. The fourth-order valence-electron chi connectivity index (χ4n) is 0.926. The largest absolute Gasteiger partial charge is 0.367 e. The number of anilines is 1. The Hall–Kier alpha value is -1.84. The molecule has 14 heavy (non-hydrogen) atoms. The molecule has 1 aromatic rings. The van der Waals surface area contributed by atoms with Crippen molar-refractivity contribution in [3.05, 3.63) is 36.0 Å². The lowest BCUT2D eigenvalue weighted by Crippen LogP contribution is -2.11. The van der Waals surface area contributed by atoms with Gasteiger partial charge in [0, 0.05) is 12.7 Å². The van der Waals surface area contributed by atoms with Crippen molar-refractivity contribution in [2.24, 2.45) is 5.73 Å². The van der Waals surface area contributed by atoms with Gasteiger partial charge in [0.25, 0.3) is 0 Å². The van der Waals surface area contributed by atoms with E-state index in [2.05, 4.69) is 10.3 Å². The second kappa shape index (κ2) is 5.01. The first-order valence-corrected chi connectivity index (χ1v) is 4.35. The summed E-state index contributed by atoms with van der Waals surface area (Å²) in [5, 5.41) is 3.06. The maximum Gasteiger partial charge on any atom is 0.250 e. The lowest BCUT2D eigenvalue weighted by atomic mass is 10.3. The third-order valence-corrected chi connectivity index (χ3v) is 1.68. The lowest BCUT2D eigenvalue weighted by molar-refractivity contribution is 0.1000. The van der Waals surface area contributed by atoms with Gasteiger partial charge < -0.3 is 11.1 Å². The van der Waals surface area contributed by atoms with Gasteiger partial charge in [-0.3, -0.25) is 4.79 Å². The number of carbonyl (C=O) groups excluding carboxylic acids is 1. The van der Waals surface area contributed by atoms with Gasteiger partial charge in [-0.2, -0.15) is 0 Å². The van der Waals surface area contributed by atoms with E-state index in [1.54, 1.807) is 12.1 Å². The van der Waals surface area contributed by atoms with Gasteiger partial charge in [-0.05, 0) is 19.1 Å². The van der Waals surface area contributed by atoms with Crippen molar-refractivity contribution in [1.82, 2.24) is 4.98 Å². The number of hydrogen-bond donors (Lipinski definition) is 2. The van der Waals surface area contributed by atoms with E-state index in [0.29, 0.717) is 5.56 Å². The van der Waals surface area contributed by atoms with Crippen LogP contribution >= 0.6 is 0 Å². The van der Waals surface area contributed by atoms with Gasteiger partial charge in [0.15, 0.2) is 0 Å². The number of aromatic nitrogens is 1. The molecule has 0 spiro atoms. The number of pyridine rings is 1. The summed E-state index contributed by atoms with van der Waals surface area (Å²) < 4.78 is 0. The normalized spacial score (nSPS) is 10.4. The van der Waals surface area contributed by atoms with E-state index in [9.17, 15) is 4.79 Å². The molecule has 1 heterocycles. The molecule has 0 atom stereocenters. The summed E-state index contributed by atoms with van der Waals surface area (Å²) in [6, 6.07) is 3.37. The maximum absolute atomic E-state index is 10.7. The van der Waals surface area contributed by atoms with Crippen LogP contribution < -0.4 is 11.1 Å². The van der Waals surface area contributed by atoms with Crippen molar-refractivity contribution in [3.8, 4) is 0 Å². The first-order valence-electron chi connectivity index (χ1n) is 4.35. The van der Waals surface area contributed by atoms with Crippen LogP contribution in [0.5, 0.6) is 0 Å². The number of nitrogens with one attached hydrogen (secondary N) is 1. The quantitative estimate of drug-likeness (QED) is 0.702. The summed E-state index contributed by atoms with van der Waals surface area (Å²) in [6.07, 6.45) is 5.38. The molecule has 0 aliphatic carbocycles. The number of carbonyl (C=O) groups is 1. The Bertz CT molecular complexity index is 330. The van der Waals surface area contributed by atoms with Crippen molar-refractivity contribution in [2.45, 2.75) is 6.92 Å². The molecule has 0 aliphatic heterocycles. The zero-order valence-corrected chi connectivity index (χ0v) is 8.03. The highest BCUT2D eigenvalue weighted by atomic mass is 16.1. The molecule has 0 aliphatic rings. The Balaban J connectivity index is 2.59. The molecule has 1 amide bonds. The summed E-state index contributed by atoms with van der Waals surface area (Å²) in [4.78, 5) is 14.7. The number of allylic oxidation sites excluding steroid dienone is 1. The van der Waals surface area contributed by atoms with Gasteiger partial charge in [0.2, 0.25) is 5.91 Å². The van der Waals surface area contributed by atoms with Gasteiger partial charge in [-0.25, -0.2) is 4.98 Å². The summed E-state index contributed by atoms with van der Waals surface area (Å²) in [5.74, 6) is 0.269. The molecule has 74 valence electrons. The van der Waals surface area contributed by atoms with Crippen molar-refractivity contribution in [1.29, 1.82) is 0 Å². The van der Waals surface area contributed by atoms with Crippen LogP contribution in [-0.2, 0) is 0 Å². The van der Waals surface area contributed by atoms with Crippen LogP contribution in [-0.4, -0.2) is 17.4 Å². The number of nitrogens with two attached hydrogens (primary N) is 1. The average molecular weight is 191 g/mol. The van der Waals surface area contributed by atoms with Crippen molar-refractivity contribution >= 4 is 11.7 Å². The smallest absolute Gasteiger partial charge is 0.250 e. The van der Waals surface area contributed by atoms with Crippen molar-refractivity contribution < 1.29 is 4.79 Å². The average Bonchev–Trinajstić information content (AvgIpc) is 2.19. The molecular weight excluding hydrogens is 178 g/mol. The highest BCUT2D eigenvalue weighted by molar-refractivity contribution is 5.92. The van der Waals surface area contributed by atoms with E-state index in [0.717, 1.165) is 12.4 Å². The SMILES string of the molecule is C/C=C/CNc1ccc(C(N)=O)cn1. The third-order valence-electron chi connectivity index (χ3n) is 1.68. The number of nitrogens with zero attached hydrogens (tertiary/aromatic N) is 1. The zero-order valence-electron chi connectivity index (χ0n) is 8.03. The van der Waals surface area contributed by atoms with Crippen LogP contribution in [0.2, 0.25) is 0 Å². The summed E-state index contributed by atoms with van der Waals surface area (Å²) in [5.41, 5.74) is 5.49. The van der Waals surface area contributed by atoms with Crippen molar-refractivity contribution in [2.75, 3.05) is 11.9 Å². The molecule has 0 unspecified atom stereocenters. The molecule has 0 aromatic carbocycles. The van der Waals surface area contributed by atoms with E-state index in [1.165, 1.54) is 6.20 Å². The van der Waals surface area contributed by atoms with Gasteiger partial charge in [0.1, 0.15) is 5.82 Å². The number of rotatable bonds is 4. The second-order valence-corrected chi connectivity index (χ2v) is 2.75. The first-order chi connectivity index (χ1) is 6.74.